The molecule has 0 N–H and O–H groups in total. The molecule has 58 valence electrons. The molecule has 1 heterocycles. The van der Waals surface area contributed by atoms with Crippen LogP contribution in [0.5, 0.6) is 0 Å². The molecule has 0 aromatic heterocycles. The zero-order valence-corrected chi connectivity index (χ0v) is 5.84. The van der Waals surface area contributed by atoms with E-state index in [1.54, 1.807) is 0 Å². The molecule has 0 unspecified atom stereocenters. The van der Waals surface area contributed by atoms with Crippen LogP contribution in [0.2, 0.25) is 0 Å². The molecule has 1 rings (SSSR count). The summed E-state index contributed by atoms with van der Waals surface area (Å²) in [6.07, 6.45) is 3.28. The highest BCUT2D eigenvalue weighted by molar-refractivity contribution is 5.76. The van der Waals surface area contributed by atoms with E-state index in [1.165, 1.54) is 12.8 Å². The maximum atomic E-state index is 9.14. The van der Waals surface area contributed by atoms with Crippen LogP contribution in [0.3, 0.4) is 0 Å². The van der Waals surface area contributed by atoms with Crippen LogP contribution >= 0.6 is 0 Å². The number of rotatable bonds is 1. The van der Waals surface area contributed by atoms with Crippen LogP contribution in [0, 0.1) is 0 Å². The summed E-state index contributed by atoms with van der Waals surface area (Å²) in [4.78, 5) is 9.14. The molecule has 0 aromatic rings. The summed E-state index contributed by atoms with van der Waals surface area (Å²) in [7, 11) is 0. The zero-order chi connectivity index (χ0) is 7.82. The Morgan fingerprint density at radius 3 is 2.00 bits per heavy atom. The molecule has 0 atom stereocenters. The fourth-order valence-electron chi connectivity index (χ4n) is 0.510. The highest BCUT2D eigenvalue weighted by atomic mass is 16.5. The Morgan fingerprint density at radius 2 is 1.90 bits per heavy atom. The Kier molecular flexibility index (Phi) is 5.77. The van der Waals surface area contributed by atoms with E-state index in [1.807, 2.05) is 0 Å². The summed E-state index contributed by atoms with van der Waals surface area (Å²) in [6.45, 7) is 4.90. The van der Waals surface area contributed by atoms with Gasteiger partial charge in [0, 0.05) is 13.2 Å². The van der Waals surface area contributed by atoms with Crippen LogP contribution in [0.25, 0.3) is 0 Å². The van der Waals surface area contributed by atoms with Crippen molar-refractivity contribution < 1.29 is 14.6 Å². The summed E-state index contributed by atoms with van der Waals surface area (Å²) in [5.74, 6) is -1.23. The minimum absolute atomic E-state index is 0.722. The molecule has 1 aliphatic heterocycles. The lowest BCUT2D eigenvalue weighted by Gasteiger charge is -1.81. The van der Waals surface area contributed by atoms with Gasteiger partial charge in [0.2, 0.25) is 0 Å². The van der Waals surface area contributed by atoms with Gasteiger partial charge in [-0.15, -0.1) is 0 Å². The summed E-state index contributed by atoms with van der Waals surface area (Å²) in [5.41, 5.74) is 0. The van der Waals surface area contributed by atoms with Crippen LogP contribution < -0.4 is 5.11 Å². The predicted molar refractivity (Wildman–Crippen MR) is 35.3 cm³/mol. The minimum Gasteiger partial charge on any atom is -0.545 e. The summed E-state index contributed by atoms with van der Waals surface area (Å²) in [5, 5.41) is 9.14. The van der Waals surface area contributed by atoms with Crippen molar-refractivity contribution >= 4 is 5.97 Å². The Hall–Kier alpha value is -0.830. The summed E-state index contributed by atoms with van der Waals surface area (Å²) < 4.78 is 4.94. The molecule has 1 saturated heterocycles. The number of hydrogen-bond donors (Lipinski definition) is 0. The van der Waals surface area contributed by atoms with Crippen molar-refractivity contribution in [3.05, 3.63) is 12.7 Å². The highest BCUT2D eigenvalue weighted by Gasteiger charge is 1.94. The molecule has 3 nitrogen and oxygen atoms in total. The molecule has 0 amide bonds. The number of aliphatic carboxylic acids is 1. The average Bonchev–Trinajstić information content (AvgIpc) is 2.43. The van der Waals surface area contributed by atoms with Gasteiger partial charge in [0.25, 0.3) is 0 Å². The minimum atomic E-state index is -1.23. The largest absolute Gasteiger partial charge is 0.545 e. The lowest BCUT2D eigenvalue weighted by molar-refractivity contribution is -0.297. The Morgan fingerprint density at radius 1 is 1.50 bits per heavy atom. The molecule has 0 radical (unpaired) electrons. The molecular formula is C7H11O3-. The van der Waals surface area contributed by atoms with E-state index in [9.17, 15) is 0 Å². The SMILES string of the molecule is C1CCOC1.C=CC(=O)[O-]. The van der Waals surface area contributed by atoms with Gasteiger partial charge >= 0.3 is 0 Å². The van der Waals surface area contributed by atoms with Crippen molar-refractivity contribution in [3.8, 4) is 0 Å². The first kappa shape index (κ1) is 9.17. The monoisotopic (exact) mass is 143 g/mol. The second kappa shape index (κ2) is 6.29. The number of carboxylic acids is 1. The number of hydrogen-bond acceptors (Lipinski definition) is 3. The molecule has 3 heteroatoms. The molecule has 0 aliphatic carbocycles. The second-order valence-electron chi connectivity index (χ2n) is 1.84. The molecule has 0 spiro atoms. The van der Waals surface area contributed by atoms with Gasteiger partial charge in [0.1, 0.15) is 0 Å². The van der Waals surface area contributed by atoms with Crippen molar-refractivity contribution in [1.82, 2.24) is 0 Å². The van der Waals surface area contributed by atoms with Gasteiger partial charge in [0.15, 0.2) is 0 Å². The van der Waals surface area contributed by atoms with Crippen LogP contribution in [0.4, 0.5) is 0 Å². The summed E-state index contributed by atoms with van der Waals surface area (Å²) >= 11 is 0. The lowest BCUT2D eigenvalue weighted by atomic mass is 10.4. The second-order valence-corrected chi connectivity index (χ2v) is 1.84. The number of carboxylic acid groups (broad SMARTS) is 1. The smallest absolute Gasteiger partial charge is 0.0636 e. The van der Waals surface area contributed by atoms with E-state index < -0.39 is 5.97 Å². The fourth-order valence-corrected chi connectivity index (χ4v) is 0.510. The molecule has 0 saturated carbocycles. The van der Waals surface area contributed by atoms with Gasteiger partial charge < -0.3 is 14.6 Å². The van der Waals surface area contributed by atoms with Crippen LogP contribution in [0.15, 0.2) is 12.7 Å². The first-order chi connectivity index (χ1) is 4.77. The Labute approximate surface area is 60.3 Å². The van der Waals surface area contributed by atoms with Gasteiger partial charge in [-0.1, -0.05) is 6.58 Å². The van der Waals surface area contributed by atoms with E-state index in [0.717, 1.165) is 19.3 Å². The maximum Gasteiger partial charge on any atom is 0.0636 e. The van der Waals surface area contributed by atoms with Gasteiger partial charge in [-0.3, -0.25) is 0 Å². The van der Waals surface area contributed by atoms with E-state index in [-0.39, 0.29) is 0 Å². The first-order valence-electron chi connectivity index (χ1n) is 3.18. The van der Waals surface area contributed by atoms with Gasteiger partial charge in [0.05, 0.1) is 5.97 Å². The van der Waals surface area contributed by atoms with Crippen LogP contribution in [-0.4, -0.2) is 19.2 Å². The molecule has 1 fully saturated rings. The first-order valence-corrected chi connectivity index (χ1v) is 3.18. The number of carbonyl (C=O) groups is 1. The quantitative estimate of drug-likeness (QED) is 0.474. The topological polar surface area (TPSA) is 49.4 Å². The van der Waals surface area contributed by atoms with E-state index in [0.29, 0.717) is 0 Å². The van der Waals surface area contributed by atoms with Crippen LogP contribution in [0.1, 0.15) is 12.8 Å². The molecule has 1 aliphatic rings. The summed E-state index contributed by atoms with van der Waals surface area (Å²) in [6, 6.07) is 0. The van der Waals surface area contributed by atoms with Gasteiger partial charge in [-0.05, 0) is 18.9 Å². The zero-order valence-electron chi connectivity index (χ0n) is 5.84. The van der Waals surface area contributed by atoms with Crippen molar-refractivity contribution in [2.24, 2.45) is 0 Å². The molecular weight excluding hydrogens is 132 g/mol. The Bertz CT molecular complexity index is 97.8. The number of ether oxygens (including phenoxy) is 1. The molecule has 10 heavy (non-hydrogen) atoms. The normalized spacial score (nSPS) is 15.2. The van der Waals surface area contributed by atoms with E-state index in [2.05, 4.69) is 6.58 Å². The Balaban J connectivity index is 0.000000162. The van der Waals surface area contributed by atoms with Crippen molar-refractivity contribution in [2.75, 3.05) is 13.2 Å². The van der Waals surface area contributed by atoms with Crippen molar-refractivity contribution in [1.29, 1.82) is 0 Å². The third kappa shape index (κ3) is 7.17. The molecule has 0 aromatic carbocycles. The maximum absolute atomic E-state index is 9.14. The van der Waals surface area contributed by atoms with Crippen molar-refractivity contribution in [2.45, 2.75) is 12.8 Å². The van der Waals surface area contributed by atoms with E-state index >= 15 is 0 Å². The van der Waals surface area contributed by atoms with E-state index in [4.69, 9.17) is 14.6 Å². The standard InChI is InChI=1S/C4H8O.C3H4O2/c1-2-4-5-3-1;1-2-3(4)5/h1-4H2;2H,1H2,(H,4,5)/p-1. The third-order valence-electron chi connectivity index (χ3n) is 0.994. The third-order valence-corrected chi connectivity index (χ3v) is 0.994. The average molecular weight is 143 g/mol. The molecule has 0 bridgehead atoms. The highest BCUT2D eigenvalue weighted by Crippen LogP contribution is 1.98. The van der Waals surface area contributed by atoms with Gasteiger partial charge in [-0.25, -0.2) is 0 Å². The van der Waals surface area contributed by atoms with Gasteiger partial charge in [-0.2, -0.15) is 0 Å². The van der Waals surface area contributed by atoms with Crippen LogP contribution in [-0.2, 0) is 9.53 Å². The predicted octanol–water partition coefficient (Wildman–Crippen LogP) is -0.281. The number of carbonyl (C=O) groups excluding carboxylic acids is 1. The van der Waals surface area contributed by atoms with Crippen molar-refractivity contribution in [3.63, 3.8) is 0 Å². The fraction of sp³-hybridized carbons (Fsp3) is 0.571. The lowest BCUT2D eigenvalue weighted by Crippen LogP contribution is -2.17.